The summed E-state index contributed by atoms with van der Waals surface area (Å²) in [5.74, 6) is -0.698. The number of ether oxygens (including phenoxy) is 2. The predicted octanol–water partition coefficient (Wildman–Crippen LogP) is 1.16. The van der Waals surface area contributed by atoms with Gasteiger partial charge >= 0.3 is 5.97 Å². The van der Waals surface area contributed by atoms with Gasteiger partial charge in [0.15, 0.2) is 5.57 Å². The van der Waals surface area contributed by atoms with Gasteiger partial charge in [-0.1, -0.05) is 12.7 Å². The second-order valence-corrected chi connectivity index (χ2v) is 1.99. The van der Waals surface area contributed by atoms with Gasteiger partial charge in [-0.25, -0.2) is 4.79 Å². The molecule has 0 aromatic heterocycles. The fourth-order valence-corrected chi connectivity index (χ4v) is 0.499. The Bertz CT molecular complexity index is 250. The standard InChI is InChI=1S/C9H11NO3/c1-3-5-13-9(11)8(6-10)7-12-4-2/h3,7H,1,4-5H2,2H3. The summed E-state index contributed by atoms with van der Waals surface area (Å²) < 4.78 is 9.39. The molecule has 0 bridgehead atoms. The van der Waals surface area contributed by atoms with Gasteiger partial charge in [-0.2, -0.15) is 5.26 Å². The van der Waals surface area contributed by atoms with Crippen LogP contribution < -0.4 is 0 Å². The van der Waals surface area contributed by atoms with Crippen LogP contribution in [0.1, 0.15) is 6.92 Å². The summed E-state index contributed by atoms with van der Waals surface area (Å²) in [7, 11) is 0. The van der Waals surface area contributed by atoms with Crippen LogP contribution in [0.25, 0.3) is 0 Å². The molecule has 0 fully saturated rings. The van der Waals surface area contributed by atoms with Crippen LogP contribution in [0, 0.1) is 11.3 Å². The number of hydrogen-bond acceptors (Lipinski definition) is 4. The fourth-order valence-electron chi connectivity index (χ4n) is 0.499. The lowest BCUT2D eigenvalue weighted by Crippen LogP contribution is -2.07. The molecule has 0 saturated heterocycles. The number of nitrogens with zero attached hydrogens (tertiary/aromatic N) is 1. The molecule has 0 N–H and O–H groups in total. The highest BCUT2D eigenvalue weighted by Gasteiger charge is 2.09. The van der Waals surface area contributed by atoms with E-state index in [-0.39, 0.29) is 12.2 Å². The number of carbonyl (C=O) groups is 1. The van der Waals surface area contributed by atoms with Gasteiger partial charge in [0.2, 0.25) is 0 Å². The first-order valence-electron chi connectivity index (χ1n) is 3.76. The molecule has 0 aliphatic carbocycles. The largest absolute Gasteiger partial charge is 0.500 e. The van der Waals surface area contributed by atoms with Crippen LogP contribution in [0.5, 0.6) is 0 Å². The maximum absolute atomic E-state index is 11.0. The Labute approximate surface area is 77.1 Å². The molecular formula is C9H11NO3. The van der Waals surface area contributed by atoms with E-state index in [1.54, 1.807) is 13.0 Å². The molecule has 0 aromatic rings. The van der Waals surface area contributed by atoms with Crippen LogP contribution in [-0.4, -0.2) is 19.2 Å². The molecule has 0 unspecified atom stereocenters. The molecular weight excluding hydrogens is 170 g/mol. The summed E-state index contributed by atoms with van der Waals surface area (Å²) in [4.78, 5) is 11.0. The third-order valence-electron chi connectivity index (χ3n) is 1.04. The van der Waals surface area contributed by atoms with Gasteiger partial charge < -0.3 is 9.47 Å². The Morgan fingerprint density at radius 1 is 1.69 bits per heavy atom. The molecule has 0 atom stereocenters. The molecule has 0 heterocycles. The first-order chi connectivity index (χ1) is 6.26. The zero-order valence-corrected chi connectivity index (χ0v) is 7.45. The van der Waals surface area contributed by atoms with E-state index in [2.05, 4.69) is 11.3 Å². The summed E-state index contributed by atoms with van der Waals surface area (Å²) >= 11 is 0. The zero-order valence-electron chi connectivity index (χ0n) is 7.45. The Balaban J connectivity index is 4.16. The Kier molecular flexibility index (Phi) is 5.98. The van der Waals surface area contributed by atoms with Gasteiger partial charge in [0.25, 0.3) is 0 Å². The van der Waals surface area contributed by atoms with Crippen molar-refractivity contribution in [2.45, 2.75) is 6.92 Å². The van der Waals surface area contributed by atoms with Crippen molar-refractivity contribution in [2.75, 3.05) is 13.2 Å². The summed E-state index contributed by atoms with van der Waals surface area (Å²) in [6.45, 7) is 5.61. The van der Waals surface area contributed by atoms with Crippen molar-refractivity contribution in [2.24, 2.45) is 0 Å². The van der Waals surface area contributed by atoms with Crippen molar-refractivity contribution < 1.29 is 14.3 Å². The van der Waals surface area contributed by atoms with E-state index in [9.17, 15) is 4.79 Å². The SMILES string of the molecule is C=CCOC(=O)C(C#N)=COCC. The van der Waals surface area contributed by atoms with E-state index in [1.165, 1.54) is 6.08 Å². The van der Waals surface area contributed by atoms with E-state index in [0.717, 1.165) is 6.26 Å². The highest BCUT2D eigenvalue weighted by Crippen LogP contribution is 1.97. The Hall–Kier alpha value is -1.76. The van der Waals surface area contributed by atoms with E-state index in [4.69, 9.17) is 10.00 Å². The molecule has 13 heavy (non-hydrogen) atoms. The van der Waals surface area contributed by atoms with E-state index in [1.807, 2.05) is 0 Å². The van der Waals surface area contributed by atoms with Gasteiger partial charge in [0.1, 0.15) is 18.9 Å². The Morgan fingerprint density at radius 2 is 2.38 bits per heavy atom. The lowest BCUT2D eigenvalue weighted by atomic mass is 10.3. The predicted molar refractivity (Wildman–Crippen MR) is 46.5 cm³/mol. The van der Waals surface area contributed by atoms with Crippen LogP contribution in [0.3, 0.4) is 0 Å². The zero-order chi connectivity index (χ0) is 10.1. The number of carbonyl (C=O) groups excluding carboxylic acids is 1. The molecule has 0 saturated carbocycles. The molecule has 4 heteroatoms. The topological polar surface area (TPSA) is 59.3 Å². The van der Waals surface area contributed by atoms with Crippen molar-refractivity contribution in [1.29, 1.82) is 5.26 Å². The first kappa shape index (κ1) is 11.2. The summed E-state index contributed by atoms with van der Waals surface area (Å²) in [6.07, 6.45) is 2.51. The minimum Gasteiger partial charge on any atom is -0.500 e. The van der Waals surface area contributed by atoms with Crippen molar-refractivity contribution in [3.05, 3.63) is 24.5 Å². The highest BCUT2D eigenvalue weighted by atomic mass is 16.5. The summed E-state index contributed by atoms with van der Waals surface area (Å²) in [5.41, 5.74) is -0.149. The second kappa shape index (κ2) is 6.92. The summed E-state index contributed by atoms with van der Waals surface area (Å²) in [6, 6.07) is 1.67. The molecule has 0 aliphatic rings. The van der Waals surface area contributed by atoms with Crippen LogP contribution in [-0.2, 0) is 14.3 Å². The molecule has 0 aromatic carbocycles. The number of nitriles is 1. The molecule has 0 radical (unpaired) electrons. The van der Waals surface area contributed by atoms with Gasteiger partial charge in [-0.05, 0) is 6.92 Å². The van der Waals surface area contributed by atoms with Gasteiger partial charge in [0.05, 0.1) is 6.61 Å². The number of esters is 1. The maximum atomic E-state index is 11.0. The van der Waals surface area contributed by atoms with Crippen molar-refractivity contribution in [3.8, 4) is 6.07 Å². The van der Waals surface area contributed by atoms with Crippen LogP contribution in [0.4, 0.5) is 0 Å². The lowest BCUT2D eigenvalue weighted by Gasteiger charge is -1.99. The minimum atomic E-state index is -0.698. The lowest BCUT2D eigenvalue weighted by molar-refractivity contribution is -0.137. The van der Waals surface area contributed by atoms with Crippen LogP contribution >= 0.6 is 0 Å². The fraction of sp³-hybridized carbons (Fsp3) is 0.333. The molecule has 0 aliphatic heterocycles. The molecule has 0 rings (SSSR count). The van der Waals surface area contributed by atoms with Crippen LogP contribution in [0.15, 0.2) is 24.5 Å². The normalized spacial score (nSPS) is 10.0. The average Bonchev–Trinajstić information content (AvgIpc) is 2.16. The first-order valence-corrected chi connectivity index (χ1v) is 3.76. The Morgan fingerprint density at radius 3 is 2.85 bits per heavy atom. The van der Waals surface area contributed by atoms with Crippen molar-refractivity contribution >= 4 is 5.97 Å². The minimum absolute atomic E-state index is 0.0873. The smallest absolute Gasteiger partial charge is 0.352 e. The van der Waals surface area contributed by atoms with Crippen molar-refractivity contribution in [3.63, 3.8) is 0 Å². The summed E-state index contributed by atoms with van der Waals surface area (Å²) in [5, 5.41) is 8.50. The molecule has 70 valence electrons. The quantitative estimate of drug-likeness (QED) is 0.210. The van der Waals surface area contributed by atoms with Gasteiger partial charge in [0, 0.05) is 0 Å². The van der Waals surface area contributed by atoms with E-state index in [0.29, 0.717) is 6.61 Å². The van der Waals surface area contributed by atoms with E-state index >= 15 is 0 Å². The maximum Gasteiger partial charge on any atom is 0.352 e. The highest BCUT2D eigenvalue weighted by molar-refractivity contribution is 5.92. The number of hydrogen-bond donors (Lipinski definition) is 0. The van der Waals surface area contributed by atoms with E-state index < -0.39 is 5.97 Å². The molecule has 0 amide bonds. The molecule has 0 spiro atoms. The number of rotatable bonds is 5. The third-order valence-corrected chi connectivity index (χ3v) is 1.04. The second-order valence-electron chi connectivity index (χ2n) is 1.99. The molecule has 4 nitrogen and oxygen atoms in total. The monoisotopic (exact) mass is 181 g/mol. The third kappa shape index (κ3) is 4.64. The van der Waals surface area contributed by atoms with Crippen molar-refractivity contribution in [1.82, 2.24) is 0 Å². The average molecular weight is 181 g/mol. The van der Waals surface area contributed by atoms with Crippen LogP contribution in [0.2, 0.25) is 0 Å². The van der Waals surface area contributed by atoms with Gasteiger partial charge in [-0.3, -0.25) is 0 Å². The van der Waals surface area contributed by atoms with Gasteiger partial charge in [-0.15, -0.1) is 0 Å².